The Morgan fingerprint density at radius 1 is 1.11 bits per heavy atom. The molecule has 2 unspecified atom stereocenters. The fourth-order valence-corrected chi connectivity index (χ4v) is 5.76. The van der Waals surface area contributed by atoms with Crippen molar-refractivity contribution in [1.82, 2.24) is 29.3 Å². The van der Waals surface area contributed by atoms with Crippen molar-refractivity contribution in [2.24, 2.45) is 0 Å². The third-order valence-corrected chi connectivity index (χ3v) is 7.89. The smallest absolute Gasteiger partial charge is 0.324 e. The lowest BCUT2D eigenvalue weighted by atomic mass is 9.92. The molecule has 3 aliphatic rings. The number of amides is 1. The lowest BCUT2D eigenvalue weighted by Gasteiger charge is -2.35. The van der Waals surface area contributed by atoms with Crippen molar-refractivity contribution in [2.45, 2.75) is 77.1 Å². The molecule has 2 aliphatic heterocycles. The van der Waals surface area contributed by atoms with Crippen molar-refractivity contribution >= 4 is 22.8 Å². The van der Waals surface area contributed by atoms with E-state index in [2.05, 4.69) is 33.2 Å². The van der Waals surface area contributed by atoms with Crippen LogP contribution in [0.5, 0.6) is 11.8 Å². The Balaban J connectivity index is 1.30. The van der Waals surface area contributed by atoms with Gasteiger partial charge >= 0.3 is 6.01 Å². The monoisotopic (exact) mass is 513 g/mol. The van der Waals surface area contributed by atoms with E-state index in [1.165, 1.54) is 0 Å². The topological polar surface area (TPSA) is 100 Å². The molecule has 10 nitrogen and oxygen atoms in total. The first-order chi connectivity index (χ1) is 18.6. The molecule has 0 spiro atoms. The van der Waals surface area contributed by atoms with E-state index in [1.54, 1.807) is 19.4 Å². The van der Waals surface area contributed by atoms with Gasteiger partial charge in [-0.3, -0.25) is 9.48 Å². The molecule has 1 aromatic carbocycles. The zero-order valence-electron chi connectivity index (χ0n) is 21.7. The minimum Gasteiger partial charge on any atom is -0.423 e. The third-order valence-electron chi connectivity index (χ3n) is 7.89. The van der Waals surface area contributed by atoms with E-state index in [1.807, 2.05) is 32.5 Å². The summed E-state index contributed by atoms with van der Waals surface area (Å²) in [7, 11) is 0. The molecule has 1 amide bonds. The highest BCUT2D eigenvalue weighted by molar-refractivity contribution is 5.95. The molecule has 7 rings (SSSR count). The van der Waals surface area contributed by atoms with Gasteiger partial charge in [0, 0.05) is 42.5 Å². The molecule has 1 saturated carbocycles. The standard InChI is InChI=1S/C28H31N7O3/c1-17-6-9-22-23(35(17)18(2)36)11-10-21(19-13-31-34(15-19)20-7-8-20)26(22)38-28-29-14-24-27(32-28)30-16-33(24)25-5-3-4-12-37-25/h10-11,13-17,20,25H,3-9,12H2,1-2H3. The fraction of sp³-hybridized carbons (Fsp3) is 0.464. The summed E-state index contributed by atoms with van der Waals surface area (Å²) in [4.78, 5) is 28.2. The Morgan fingerprint density at radius 2 is 2.00 bits per heavy atom. The predicted molar refractivity (Wildman–Crippen MR) is 141 cm³/mol. The van der Waals surface area contributed by atoms with Gasteiger partial charge in [0.1, 0.15) is 17.5 Å². The molecular formula is C28H31N7O3. The van der Waals surface area contributed by atoms with Gasteiger partial charge in [0.2, 0.25) is 5.91 Å². The molecule has 0 radical (unpaired) electrons. The van der Waals surface area contributed by atoms with Crippen LogP contribution in [0.25, 0.3) is 22.3 Å². The van der Waals surface area contributed by atoms with Crippen LogP contribution in [-0.4, -0.2) is 47.9 Å². The van der Waals surface area contributed by atoms with E-state index < -0.39 is 0 Å². The lowest BCUT2D eigenvalue weighted by Crippen LogP contribution is -2.40. The number of hydrogen-bond acceptors (Lipinski definition) is 7. The first-order valence-electron chi connectivity index (χ1n) is 13.6. The van der Waals surface area contributed by atoms with Gasteiger partial charge in [0.05, 0.1) is 30.5 Å². The molecule has 10 heteroatoms. The molecule has 38 heavy (non-hydrogen) atoms. The molecule has 2 atom stereocenters. The number of nitrogens with zero attached hydrogens (tertiary/aromatic N) is 7. The Morgan fingerprint density at radius 3 is 2.79 bits per heavy atom. The number of benzene rings is 1. The summed E-state index contributed by atoms with van der Waals surface area (Å²) in [6.45, 7) is 4.45. The van der Waals surface area contributed by atoms with Crippen molar-refractivity contribution in [1.29, 1.82) is 0 Å². The zero-order chi connectivity index (χ0) is 25.8. The quantitative estimate of drug-likeness (QED) is 0.361. The predicted octanol–water partition coefficient (Wildman–Crippen LogP) is 5.20. The number of anilines is 1. The number of carbonyl (C=O) groups excluding carboxylic acids is 1. The van der Waals surface area contributed by atoms with Crippen LogP contribution < -0.4 is 9.64 Å². The van der Waals surface area contributed by atoms with E-state index >= 15 is 0 Å². The maximum Gasteiger partial charge on any atom is 0.324 e. The molecular weight excluding hydrogens is 482 g/mol. The highest BCUT2D eigenvalue weighted by Crippen LogP contribution is 2.45. The normalized spacial score (nSPS) is 21.5. The highest BCUT2D eigenvalue weighted by atomic mass is 16.5. The second-order valence-corrected chi connectivity index (χ2v) is 10.6. The van der Waals surface area contributed by atoms with E-state index in [0.29, 0.717) is 17.4 Å². The summed E-state index contributed by atoms with van der Waals surface area (Å²) < 4.78 is 16.5. The van der Waals surface area contributed by atoms with Crippen molar-refractivity contribution in [2.75, 3.05) is 11.5 Å². The zero-order valence-corrected chi connectivity index (χ0v) is 21.7. The van der Waals surface area contributed by atoms with Gasteiger partial charge in [-0.25, -0.2) is 9.97 Å². The van der Waals surface area contributed by atoms with Gasteiger partial charge in [0.25, 0.3) is 0 Å². The number of imidazole rings is 1. The number of ether oxygens (including phenoxy) is 2. The van der Waals surface area contributed by atoms with Crippen LogP contribution in [0.4, 0.5) is 5.69 Å². The first kappa shape index (κ1) is 23.3. The van der Waals surface area contributed by atoms with Crippen LogP contribution in [0, 0.1) is 0 Å². The summed E-state index contributed by atoms with van der Waals surface area (Å²) >= 11 is 0. The van der Waals surface area contributed by atoms with E-state index in [9.17, 15) is 4.79 Å². The largest absolute Gasteiger partial charge is 0.423 e. The average Bonchev–Trinajstić information content (AvgIpc) is 3.50. The number of hydrogen-bond donors (Lipinski definition) is 0. The molecule has 3 aromatic heterocycles. The Labute approximate surface area is 220 Å². The Kier molecular flexibility index (Phi) is 5.65. The summed E-state index contributed by atoms with van der Waals surface area (Å²) in [5, 5.41) is 4.60. The van der Waals surface area contributed by atoms with Gasteiger partial charge in [-0.15, -0.1) is 0 Å². The van der Waals surface area contributed by atoms with Crippen LogP contribution in [0.3, 0.4) is 0 Å². The van der Waals surface area contributed by atoms with Crippen LogP contribution in [0.1, 0.15) is 70.2 Å². The number of fused-ring (bicyclic) bond motifs is 2. The van der Waals surface area contributed by atoms with Crippen molar-refractivity contribution in [3.63, 3.8) is 0 Å². The van der Waals surface area contributed by atoms with E-state index in [4.69, 9.17) is 9.47 Å². The molecule has 5 heterocycles. The minimum absolute atomic E-state index is 0.0202. The van der Waals surface area contributed by atoms with Crippen molar-refractivity contribution < 1.29 is 14.3 Å². The van der Waals surface area contributed by atoms with Crippen LogP contribution in [-0.2, 0) is 16.0 Å². The van der Waals surface area contributed by atoms with Crippen molar-refractivity contribution in [3.8, 4) is 22.9 Å². The third kappa shape index (κ3) is 4.03. The van der Waals surface area contributed by atoms with Gasteiger partial charge in [-0.1, -0.05) is 0 Å². The maximum atomic E-state index is 12.6. The van der Waals surface area contributed by atoms with Crippen LogP contribution in [0.2, 0.25) is 0 Å². The van der Waals surface area contributed by atoms with Crippen LogP contribution >= 0.6 is 0 Å². The number of carbonyl (C=O) groups is 1. The molecule has 2 fully saturated rings. The highest BCUT2D eigenvalue weighted by Gasteiger charge is 2.31. The summed E-state index contributed by atoms with van der Waals surface area (Å²) in [5.41, 5.74) is 5.14. The van der Waals surface area contributed by atoms with Gasteiger partial charge in [-0.05, 0) is 64.0 Å². The molecule has 4 aromatic rings. The summed E-state index contributed by atoms with van der Waals surface area (Å²) in [5.74, 6) is 0.692. The van der Waals surface area contributed by atoms with E-state index in [-0.39, 0.29) is 24.2 Å². The lowest BCUT2D eigenvalue weighted by molar-refractivity contribution is -0.117. The summed E-state index contributed by atoms with van der Waals surface area (Å²) in [6.07, 6.45) is 14.6. The fourth-order valence-electron chi connectivity index (χ4n) is 5.76. The molecule has 1 saturated heterocycles. The minimum atomic E-state index is -0.0422. The van der Waals surface area contributed by atoms with Crippen LogP contribution in [0.15, 0.2) is 37.1 Å². The summed E-state index contributed by atoms with van der Waals surface area (Å²) in [6, 6.07) is 4.87. The molecule has 0 N–H and O–H groups in total. The van der Waals surface area contributed by atoms with Gasteiger partial charge in [-0.2, -0.15) is 10.1 Å². The number of rotatable bonds is 5. The second kappa shape index (κ2) is 9.20. The van der Waals surface area contributed by atoms with E-state index in [0.717, 1.165) is 79.4 Å². The van der Waals surface area contributed by atoms with Gasteiger partial charge in [0.15, 0.2) is 5.65 Å². The maximum absolute atomic E-state index is 12.6. The Hall–Kier alpha value is -3.79. The molecule has 0 bridgehead atoms. The van der Waals surface area contributed by atoms with Crippen molar-refractivity contribution in [3.05, 3.63) is 42.6 Å². The number of aromatic nitrogens is 6. The SMILES string of the molecule is CC(=O)N1c2ccc(-c3cnn(C4CC4)c3)c(Oc3ncc4c(ncn4C4CCCCO4)n3)c2CCC1C. The first-order valence-corrected chi connectivity index (χ1v) is 13.6. The molecule has 1 aliphatic carbocycles. The second-order valence-electron chi connectivity index (χ2n) is 10.6. The molecule has 196 valence electrons. The average molecular weight is 514 g/mol. The van der Waals surface area contributed by atoms with Gasteiger partial charge < -0.3 is 18.9 Å². The Bertz CT molecular complexity index is 1520.